The Morgan fingerprint density at radius 3 is 2.69 bits per heavy atom. The van der Waals surface area contributed by atoms with Crippen LogP contribution in [0.4, 0.5) is 0 Å². The van der Waals surface area contributed by atoms with Crippen molar-refractivity contribution in [3.05, 3.63) is 0 Å². The molecule has 0 radical (unpaired) electrons. The van der Waals surface area contributed by atoms with Crippen LogP contribution >= 0.6 is 0 Å². The van der Waals surface area contributed by atoms with Crippen LogP contribution < -0.4 is 5.32 Å². The van der Waals surface area contributed by atoms with E-state index in [9.17, 15) is 0 Å². The smallest absolute Gasteiger partial charge is 0.0835 e. The van der Waals surface area contributed by atoms with Crippen molar-refractivity contribution in [3.8, 4) is 0 Å². The fourth-order valence-corrected chi connectivity index (χ4v) is 3.22. The van der Waals surface area contributed by atoms with Gasteiger partial charge in [-0.15, -0.1) is 0 Å². The van der Waals surface area contributed by atoms with Crippen molar-refractivity contribution in [3.63, 3.8) is 0 Å². The van der Waals surface area contributed by atoms with Crippen molar-refractivity contribution in [2.45, 2.75) is 70.4 Å². The van der Waals surface area contributed by atoms with E-state index in [0.29, 0.717) is 6.04 Å². The molecule has 2 aliphatic rings. The fraction of sp³-hybridized carbons (Fsp3) is 1.00. The number of rotatable bonds is 4. The maximum Gasteiger partial charge on any atom is 0.0835 e. The molecule has 0 bridgehead atoms. The number of ether oxygens (including phenoxy) is 1. The Morgan fingerprint density at radius 1 is 1.25 bits per heavy atom. The lowest BCUT2D eigenvalue weighted by molar-refractivity contribution is -0.0387. The van der Waals surface area contributed by atoms with Crippen LogP contribution in [0.1, 0.15) is 58.8 Å². The summed E-state index contributed by atoms with van der Waals surface area (Å²) in [7, 11) is 0. The Kier molecular flexibility index (Phi) is 4.26. The zero-order valence-electron chi connectivity index (χ0n) is 10.9. The van der Waals surface area contributed by atoms with Crippen molar-refractivity contribution in [2.24, 2.45) is 5.92 Å². The molecule has 16 heavy (non-hydrogen) atoms. The minimum atomic E-state index is 0.217. The monoisotopic (exact) mass is 225 g/mol. The molecule has 0 aromatic rings. The van der Waals surface area contributed by atoms with E-state index in [1.54, 1.807) is 0 Å². The summed E-state index contributed by atoms with van der Waals surface area (Å²) in [5.41, 5.74) is 0.217. The second-order valence-electron chi connectivity index (χ2n) is 5.95. The van der Waals surface area contributed by atoms with Crippen LogP contribution in [-0.2, 0) is 4.74 Å². The van der Waals surface area contributed by atoms with Gasteiger partial charge in [0.15, 0.2) is 0 Å². The lowest BCUT2D eigenvalue weighted by Crippen LogP contribution is -2.49. The molecular formula is C14H27NO. The van der Waals surface area contributed by atoms with Gasteiger partial charge < -0.3 is 10.1 Å². The maximum atomic E-state index is 6.09. The topological polar surface area (TPSA) is 21.3 Å². The van der Waals surface area contributed by atoms with Crippen molar-refractivity contribution in [1.82, 2.24) is 5.32 Å². The third kappa shape index (κ3) is 2.78. The van der Waals surface area contributed by atoms with E-state index in [0.717, 1.165) is 19.1 Å². The van der Waals surface area contributed by atoms with Crippen molar-refractivity contribution < 1.29 is 4.74 Å². The van der Waals surface area contributed by atoms with Gasteiger partial charge in [0.25, 0.3) is 0 Å². The van der Waals surface area contributed by atoms with E-state index < -0.39 is 0 Å². The molecule has 1 aliphatic carbocycles. The molecule has 94 valence electrons. The third-order valence-electron chi connectivity index (χ3n) is 4.24. The highest BCUT2D eigenvalue weighted by atomic mass is 16.5. The summed E-state index contributed by atoms with van der Waals surface area (Å²) in [5.74, 6) is 0.803. The van der Waals surface area contributed by atoms with E-state index in [1.165, 1.54) is 44.9 Å². The first-order chi connectivity index (χ1) is 7.73. The number of hydrogen-bond donors (Lipinski definition) is 1. The van der Waals surface area contributed by atoms with Gasteiger partial charge in [-0.25, -0.2) is 0 Å². The summed E-state index contributed by atoms with van der Waals surface area (Å²) >= 11 is 0. The van der Waals surface area contributed by atoms with Crippen LogP contribution in [0.3, 0.4) is 0 Å². The average Bonchev–Trinajstić information content (AvgIpc) is 2.62. The highest BCUT2D eigenvalue weighted by molar-refractivity contribution is 4.99. The first kappa shape index (κ1) is 12.4. The lowest BCUT2D eigenvalue weighted by Gasteiger charge is -2.38. The van der Waals surface area contributed by atoms with Gasteiger partial charge in [-0.3, -0.25) is 0 Å². The second-order valence-corrected chi connectivity index (χ2v) is 5.95. The van der Waals surface area contributed by atoms with Gasteiger partial charge >= 0.3 is 0 Å². The summed E-state index contributed by atoms with van der Waals surface area (Å²) in [6.45, 7) is 6.72. The van der Waals surface area contributed by atoms with Crippen LogP contribution in [0.5, 0.6) is 0 Å². The summed E-state index contributed by atoms with van der Waals surface area (Å²) in [5, 5.41) is 3.75. The minimum absolute atomic E-state index is 0.217. The molecule has 0 amide bonds. The van der Waals surface area contributed by atoms with Gasteiger partial charge in [0.2, 0.25) is 0 Å². The predicted molar refractivity (Wildman–Crippen MR) is 67.6 cm³/mol. The summed E-state index contributed by atoms with van der Waals surface area (Å²) in [6.07, 6.45) is 9.21. The summed E-state index contributed by atoms with van der Waals surface area (Å²) in [4.78, 5) is 0. The fourth-order valence-electron chi connectivity index (χ4n) is 3.22. The molecule has 1 spiro atoms. The lowest BCUT2D eigenvalue weighted by atomic mass is 9.79. The largest absolute Gasteiger partial charge is 0.373 e. The van der Waals surface area contributed by atoms with Crippen molar-refractivity contribution in [2.75, 3.05) is 13.2 Å². The highest BCUT2D eigenvalue weighted by Crippen LogP contribution is 2.39. The summed E-state index contributed by atoms with van der Waals surface area (Å²) in [6, 6.07) is 0.631. The van der Waals surface area contributed by atoms with E-state index in [2.05, 4.69) is 19.2 Å². The molecule has 1 unspecified atom stereocenters. The zero-order chi connectivity index (χ0) is 11.4. The van der Waals surface area contributed by atoms with E-state index >= 15 is 0 Å². The van der Waals surface area contributed by atoms with E-state index in [1.807, 2.05) is 0 Å². The molecule has 1 saturated heterocycles. The van der Waals surface area contributed by atoms with Crippen LogP contribution in [0, 0.1) is 5.92 Å². The Morgan fingerprint density at radius 2 is 2.00 bits per heavy atom. The molecule has 2 heteroatoms. The molecule has 0 aromatic heterocycles. The van der Waals surface area contributed by atoms with Crippen LogP contribution in [0.25, 0.3) is 0 Å². The molecule has 2 nitrogen and oxygen atoms in total. The predicted octanol–water partition coefficient (Wildman–Crippen LogP) is 3.11. The Hall–Kier alpha value is -0.0800. The number of hydrogen-bond acceptors (Lipinski definition) is 2. The molecule has 2 fully saturated rings. The minimum Gasteiger partial charge on any atom is -0.373 e. The van der Waals surface area contributed by atoms with Gasteiger partial charge in [-0.2, -0.15) is 0 Å². The van der Waals surface area contributed by atoms with Gasteiger partial charge in [-0.05, 0) is 38.1 Å². The van der Waals surface area contributed by atoms with E-state index in [4.69, 9.17) is 4.74 Å². The van der Waals surface area contributed by atoms with Crippen molar-refractivity contribution in [1.29, 1.82) is 0 Å². The van der Waals surface area contributed by atoms with E-state index in [-0.39, 0.29) is 5.60 Å². The molecule has 1 aliphatic heterocycles. The second kappa shape index (κ2) is 5.50. The van der Waals surface area contributed by atoms with Crippen LogP contribution in [0.15, 0.2) is 0 Å². The quantitative estimate of drug-likeness (QED) is 0.794. The first-order valence-electron chi connectivity index (χ1n) is 7.10. The zero-order valence-corrected chi connectivity index (χ0v) is 10.9. The highest BCUT2D eigenvalue weighted by Gasteiger charge is 2.44. The summed E-state index contributed by atoms with van der Waals surface area (Å²) < 4.78 is 6.09. The molecular weight excluding hydrogens is 198 g/mol. The number of nitrogens with one attached hydrogen (secondary N) is 1. The van der Waals surface area contributed by atoms with Gasteiger partial charge in [0.05, 0.1) is 5.60 Å². The molecule has 1 heterocycles. The van der Waals surface area contributed by atoms with Crippen LogP contribution in [0.2, 0.25) is 0 Å². The standard InChI is InChI=1S/C14H27NO/c1-12(2)6-10-15-13-7-11-16-14(13)8-4-3-5-9-14/h12-13,15H,3-11H2,1-2H3. The van der Waals surface area contributed by atoms with Crippen molar-refractivity contribution >= 4 is 0 Å². The van der Waals surface area contributed by atoms with Crippen LogP contribution in [-0.4, -0.2) is 24.8 Å². The van der Waals surface area contributed by atoms with Gasteiger partial charge in [-0.1, -0.05) is 33.1 Å². The molecule has 1 N–H and O–H groups in total. The average molecular weight is 225 g/mol. The first-order valence-corrected chi connectivity index (χ1v) is 7.10. The molecule has 1 saturated carbocycles. The molecule has 0 aromatic carbocycles. The maximum absolute atomic E-state index is 6.09. The third-order valence-corrected chi connectivity index (χ3v) is 4.24. The van der Waals surface area contributed by atoms with Gasteiger partial charge in [0, 0.05) is 12.6 Å². The Bertz CT molecular complexity index is 209. The Balaban J connectivity index is 1.82. The normalized spacial score (nSPS) is 29.1. The SMILES string of the molecule is CC(C)CCNC1CCOC12CCCCC2. The molecule has 1 atom stereocenters. The Labute approximate surface area is 100 Å². The van der Waals surface area contributed by atoms with Gasteiger partial charge in [0.1, 0.15) is 0 Å². The molecule has 2 rings (SSSR count).